The fraction of sp³-hybridized carbons (Fsp3) is 1.00. The second-order valence-electron chi connectivity index (χ2n) is 1.54. The molecule has 7 heavy (non-hydrogen) atoms. The van der Waals surface area contributed by atoms with Gasteiger partial charge in [-0.15, -0.1) is 0 Å². The lowest BCUT2D eigenvalue weighted by Gasteiger charge is -1.79. The average molecular weight is 119 g/mol. The summed E-state index contributed by atoms with van der Waals surface area (Å²) in [5.74, 6) is 0. The van der Waals surface area contributed by atoms with Gasteiger partial charge in [0.05, 0.1) is 6.61 Å². The van der Waals surface area contributed by atoms with Crippen molar-refractivity contribution in [2.45, 2.75) is 18.3 Å². The largest absolute Gasteiger partial charge is 0.493 e. The summed E-state index contributed by atoms with van der Waals surface area (Å²) in [7, 11) is 0. The van der Waals surface area contributed by atoms with E-state index in [1.165, 1.54) is 0 Å². The molecule has 40 valence electrons. The van der Waals surface area contributed by atoms with Gasteiger partial charge in [-0.05, 0) is 6.42 Å². The molecular formula is C4H7O2S+. The van der Waals surface area contributed by atoms with Gasteiger partial charge in [-0.2, -0.15) is 0 Å². The fourth-order valence-corrected chi connectivity index (χ4v) is 1.04. The van der Waals surface area contributed by atoms with Crippen LogP contribution in [0.25, 0.3) is 0 Å². The molecule has 0 amide bonds. The molecule has 0 aromatic rings. The first-order valence-electron chi connectivity index (χ1n) is 2.33. The molecule has 3 heteroatoms. The molecule has 0 saturated carbocycles. The van der Waals surface area contributed by atoms with Gasteiger partial charge in [-0.3, -0.25) is 0 Å². The van der Waals surface area contributed by atoms with Gasteiger partial charge in [0.15, 0.2) is 0 Å². The maximum atomic E-state index is 9.92. The smallest absolute Gasteiger partial charge is 0.323 e. The van der Waals surface area contributed by atoms with Gasteiger partial charge in [0.2, 0.25) is 0 Å². The summed E-state index contributed by atoms with van der Waals surface area (Å²) in [6.45, 7) is 0.778. The Morgan fingerprint density at radius 3 is 2.86 bits per heavy atom. The van der Waals surface area contributed by atoms with Gasteiger partial charge in [0, 0.05) is 10.6 Å². The molecule has 0 bridgehead atoms. The summed E-state index contributed by atoms with van der Waals surface area (Å²) in [6.07, 6.45) is 1.99. The van der Waals surface area contributed by atoms with Crippen molar-refractivity contribution in [3.8, 4) is 0 Å². The second kappa shape index (κ2) is 2.33. The predicted molar refractivity (Wildman–Crippen MR) is 27.0 cm³/mol. The molecule has 1 heterocycles. The zero-order valence-corrected chi connectivity index (χ0v) is 4.74. The molecule has 1 fully saturated rings. The average Bonchev–Trinajstić information content (AvgIpc) is 2.14. The van der Waals surface area contributed by atoms with Crippen LogP contribution in [-0.2, 0) is 20.6 Å². The van der Waals surface area contributed by atoms with Gasteiger partial charge in [-0.1, -0.05) is 0 Å². The van der Waals surface area contributed by atoms with Gasteiger partial charge >= 0.3 is 17.1 Å². The summed E-state index contributed by atoms with van der Waals surface area (Å²) < 4.78 is 14.9. The number of hydrogen-bond donors (Lipinski definition) is 0. The number of hydrogen-bond acceptors (Lipinski definition) is 2. The molecule has 2 nitrogen and oxygen atoms in total. The first kappa shape index (κ1) is 5.12. The summed E-state index contributed by atoms with van der Waals surface area (Å²) >= 11 is 0.560. The molecular weight excluding hydrogens is 112 g/mol. The molecule has 0 radical (unpaired) electrons. The summed E-state index contributed by atoms with van der Waals surface area (Å²) in [4.78, 5) is 0. The molecule has 1 unspecified atom stereocenters. The minimum Gasteiger partial charge on any atom is -0.323 e. The van der Waals surface area contributed by atoms with E-state index < -0.39 is 0 Å². The zero-order chi connectivity index (χ0) is 5.11. The van der Waals surface area contributed by atoms with Crippen molar-refractivity contribution in [2.75, 3.05) is 6.61 Å². The fourth-order valence-electron chi connectivity index (χ4n) is 0.624. The Balaban J connectivity index is 2.26. The Kier molecular flexibility index (Phi) is 1.70. The highest BCUT2D eigenvalue weighted by atomic mass is 32.1. The van der Waals surface area contributed by atoms with Gasteiger partial charge in [0.25, 0.3) is 0 Å². The number of ether oxygens (including phenoxy) is 1. The van der Waals surface area contributed by atoms with Crippen LogP contribution in [0, 0.1) is 0 Å². The lowest BCUT2D eigenvalue weighted by atomic mass is 10.4. The van der Waals surface area contributed by atoms with Crippen molar-refractivity contribution in [2.24, 2.45) is 0 Å². The van der Waals surface area contributed by atoms with Crippen molar-refractivity contribution in [1.82, 2.24) is 0 Å². The lowest BCUT2D eigenvalue weighted by molar-refractivity contribution is 0.171. The Hall–Kier alpha value is -0.0200. The Morgan fingerprint density at radius 2 is 2.57 bits per heavy atom. The van der Waals surface area contributed by atoms with E-state index in [9.17, 15) is 4.21 Å². The molecule has 1 rings (SSSR count). The SMILES string of the molecule is O=[S+]C1CCCO1. The molecule has 1 aliphatic rings. The van der Waals surface area contributed by atoms with E-state index in [-0.39, 0.29) is 5.44 Å². The van der Waals surface area contributed by atoms with E-state index in [2.05, 4.69) is 0 Å². The highest BCUT2D eigenvalue weighted by molar-refractivity contribution is 7.66. The van der Waals surface area contributed by atoms with Crippen LogP contribution in [0.5, 0.6) is 0 Å². The number of rotatable bonds is 1. The molecule has 1 saturated heterocycles. The molecule has 0 N–H and O–H groups in total. The highest BCUT2D eigenvalue weighted by Gasteiger charge is 2.26. The topological polar surface area (TPSA) is 26.3 Å². The van der Waals surface area contributed by atoms with E-state index in [1.807, 2.05) is 0 Å². The van der Waals surface area contributed by atoms with E-state index in [1.54, 1.807) is 0 Å². The van der Waals surface area contributed by atoms with E-state index >= 15 is 0 Å². The first-order valence-corrected chi connectivity index (χ1v) is 3.14. The van der Waals surface area contributed by atoms with Crippen LogP contribution in [0.15, 0.2) is 0 Å². The van der Waals surface area contributed by atoms with Gasteiger partial charge in [0.1, 0.15) is 0 Å². The molecule has 1 aliphatic heterocycles. The minimum atomic E-state index is -0.0417. The third kappa shape index (κ3) is 1.17. The van der Waals surface area contributed by atoms with Crippen molar-refractivity contribution in [3.05, 3.63) is 0 Å². The van der Waals surface area contributed by atoms with E-state index in [4.69, 9.17) is 4.74 Å². The molecule has 1 atom stereocenters. The standard InChI is InChI=1S/C4H7O2S/c5-7-4-2-1-3-6-4/h4H,1-3H2/q+1. The summed E-state index contributed by atoms with van der Waals surface area (Å²) in [6, 6.07) is 0. The van der Waals surface area contributed by atoms with Crippen molar-refractivity contribution < 1.29 is 8.95 Å². The molecule has 0 aromatic heterocycles. The molecule has 0 aliphatic carbocycles. The summed E-state index contributed by atoms with van der Waals surface area (Å²) in [5.41, 5.74) is -0.0417. The van der Waals surface area contributed by atoms with E-state index in [0.717, 1.165) is 19.4 Å². The Labute approximate surface area is 46.3 Å². The molecule has 0 aromatic carbocycles. The van der Waals surface area contributed by atoms with Crippen LogP contribution in [0.2, 0.25) is 0 Å². The third-order valence-corrected chi connectivity index (χ3v) is 1.58. The second-order valence-corrected chi connectivity index (χ2v) is 2.26. The van der Waals surface area contributed by atoms with Gasteiger partial charge < -0.3 is 4.74 Å². The third-order valence-electron chi connectivity index (χ3n) is 0.995. The maximum absolute atomic E-state index is 9.92. The highest BCUT2D eigenvalue weighted by Crippen LogP contribution is 2.09. The monoisotopic (exact) mass is 119 g/mol. The summed E-state index contributed by atoms with van der Waals surface area (Å²) in [5, 5.41) is 0. The van der Waals surface area contributed by atoms with Crippen LogP contribution in [0.4, 0.5) is 0 Å². The van der Waals surface area contributed by atoms with E-state index in [0.29, 0.717) is 11.7 Å². The van der Waals surface area contributed by atoms with Crippen LogP contribution in [-0.4, -0.2) is 12.0 Å². The minimum absolute atomic E-state index is 0.0417. The van der Waals surface area contributed by atoms with Crippen molar-refractivity contribution in [1.29, 1.82) is 0 Å². The quantitative estimate of drug-likeness (QED) is 0.471. The van der Waals surface area contributed by atoms with Crippen LogP contribution in [0.1, 0.15) is 12.8 Å². The van der Waals surface area contributed by atoms with Crippen molar-refractivity contribution >= 4 is 11.7 Å². The van der Waals surface area contributed by atoms with Crippen LogP contribution in [0.3, 0.4) is 0 Å². The van der Waals surface area contributed by atoms with Crippen LogP contribution >= 0.6 is 0 Å². The Bertz CT molecular complexity index is 68.1. The van der Waals surface area contributed by atoms with Crippen LogP contribution < -0.4 is 0 Å². The lowest BCUT2D eigenvalue weighted by Crippen LogP contribution is -1.99. The zero-order valence-electron chi connectivity index (χ0n) is 3.92. The first-order chi connectivity index (χ1) is 3.43. The van der Waals surface area contributed by atoms with Gasteiger partial charge in [-0.25, -0.2) is 0 Å². The molecule has 0 spiro atoms. The normalized spacial score (nSPS) is 30.6. The maximum Gasteiger partial charge on any atom is 0.493 e. The Morgan fingerprint density at radius 1 is 1.71 bits per heavy atom. The van der Waals surface area contributed by atoms with Crippen molar-refractivity contribution in [3.63, 3.8) is 0 Å². The predicted octanol–water partition coefficient (Wildman–Crippen LogP) is 0.551.